The van der Waals surface area contributed by atoms with Gasteiger partial charge in [-0.25, -0.2) is 9.59 Å². The molecule has 0 aliphatic heterocycles. The molecule has 0 radical (unpaired) electrons. The number of amides is 1. The van der Waals surface area contributed by atoms with Crippen LogP contribution in [0.4, 0.5) is 5.69 Å². The highest BCUT2D eigenvalue weighted by Gasteiger charge is 2.16. The van der Waals surface area contributed by atoms with Crippen LogP contribution in [0.2, 0.25) is 0 Å². The van der Waals surface area contributed by atoms with E-state index in [9.17, 15) is 14.4 Å². The minimum absolute atomic E-state index is 0.137. The molecule has 0 spiro atoms. The second-order valence-electron chi connectivity index (χ2n) is 6.39. The Balaban J connectivity index is 2.21. The number of anilines is 1. The molecule has 2 aromatic carbocycles. The molecule has 0 saturated heterocycles. The quantitative estimate of drug-likeness (QED) is 0.603. The van der Waals surface area contributed by atoms with Crippen molar-refractivity contribution in [2.45, 2.75) is 19.8 Å². The number of methoxy groups -OCH3 is 2. The maximum atomic E-state index is 12.3. The first-order valence-electron chi connectivity index (χ1n) is 8.75. The van der Waals surface area contributed by atoms with E-state index in [1.165, 1.54) is 44.1 Å². The van der Waals surface area contributed by atoms with Gasteiger partial charge in [-0.05, 0) is 41.3 Å². The second-order valence-corrected chi connectivity index (χ2v) is 6.39. The summed E-state index contributed by atoms with van der Waals surface area (Å²) in [6.45, 7) is 4.22. The van der Waals surface area contributed by atoms with Crippen molar-refractivity contribution in [3.8, 4) is 0 Å². The predicted molar refractivity (Wildman–Crippen MR) is 107 cm³/mol. The highest BCUT2D eigenvalue weighted by molar-refractivity contribution is 6.07. The van der Waals surface area contributed by atoms with Crippen molar-refractivity contribution in [3.05, 3.63) is 70.8 Å². The van der Waals surface area contributed by atoms with Gasteiger partial charge in [0.05, 0.1) is 31.0 Å². The summed E-state index contributed by atoms with van der Waals surface area (Å²) in [7, 11) is 2.49. The van der Waals surface area contributed by atoms with E-state index in [4.69, 9.17) is 4.74 Å². The first-order chi connectivity index (χ1) is 13.3. The third-order valence-electron chi connectivity index (χ3n) is 4.13. The summed E-state index contributed by atoms with van der Waals surface area (Å²) in [5, 5.41) is 2.61. The van der Waals surface area contributed by atoms with Gasteiger partial charge in [0.2, 0.25) is 5.91 Å². The van der Waals surface area contributed by atoms with Crippen LogP contribution in [0, 0.1) is 0 Å². The lowest BCUT2D eigenvalue weighted by atomic mass is 10.0. The van der Waals surface area contributed by atoms with E-state index in [0.717, 1.165) is 5.56 Å². The van der Waals surface area contributed by atoms with Gasteiger partial charge in [-0.1, -0.05) is 38.1 Å². The first-order valence-corrected chi connectivity index (χ1v) is 8.75. The van der Waals surface area contributed by atoms with Gasteiger partial charge >= 0.3 is 11.9 Å². The number of hydrogen-bond acceptors (Lipinski definition) is 5. The zero-order valence-electron chi connectivity index (χ0n) is 16.3. The molecule has 146 valence electrons. The zero-order valence-corrected chi connectivity index (χ0v) is 16.3. The SMILES string of the molecule is COC(=O)c1ccc(C(=O)OC)c(NC(=O)C=Cc2ccc(C(C)C)cc2)c1. The molecule has 0 aromatic heterocycles. The Morgan fingerprint density at radius 1 is 0.929 bits per heavy atom. The number of esters is 2. The average molecular weight is 381 g/mol. The van der Waals surface area contributed by atoms with Crippen molar-refractivity contribution < 1.29 is 23.9 Å². The van der Waals surface area contributed by atoms with E-state index in [0.29, 0.717) is 5.92 Å². The van der Waals surface area contributed by atoms with Crippen LogP contribution in [-0.4, -0.2) is 32.1 Å². The Kier molecular flexibility index (Phi) is 7.09. The van der Waals surface area contributed by atoms with Gasteiger partial charge in [0, 0.05) is 6.08 Å². The Morgan fingerprint density at radius 2 is 1.57 bits per heavy atom. The van der Waals surface area contributed by atoms with Crippen molar-refractivity contribution in [2.24, 2.45) is 0 Å². The van der Waals surface area contributed by atoms with E-state index in [1.807, 2.05) is 24.3 Å². The molecule has 1 amide bonds. The van der Waals surface area contributed by atoms with Gasteiger partial charge in [0.15, 0.2) is 0 Å². The molecule has 0 fully saturated rings. The summed E-state index contributed by atoms with van der Waals surface area (Å²) in [4.78, 5) is 36.0. The molecular formula is C22H23NO5. The van der Waals surface area contributed by atoms with Crippen LogP contribution >= 0.6 is 0 Å². The standard InChI is InChI=1S/C22H23NO5/c1-14(2)16-8-5-15(6-9-16)7-12-20(24)23-19-13-17(21(25)27-3)10-11-18(19)22(26)28-4/h5-14H,1-4H3,(H,23,24). The molecule has 0 saturated carbocycles. The highest BCUT2D eigenvalue weighted by atomic mass is 16.5. The smallest absolute Gasteiger partial charge is 0.339 e. The van der Waals surface area contributed by atoms with Crippen LogP contribution in [-0.2, 0) is 14.3 Å². The third kappa shape index (κ3) is 5.30. The minimum Gasteiger partial charge on any atom is -0.465 e. The van der Waals surface area contributed by atoms with Gasteiger partial charge < -0.3 is 14.8 Å². The normalized spacial score (nSPS) is 10.8. The van der Waals surface area contributed by atoms with Crippen LogP contribution < -0.4 is 5.32 Å². The summed E-state index contributed by atoms with van der Waals surface area (Å²) in [6.07, 6.45) is 3.03. The van der Waals surface area contributed by atoms with Crippen LogP contribution in [0.3, 0.4) is 0 Å². The van der Waals surface area contributed by atoms with E-state index in [-0.39, 0.29) is 16.8 Å². The van der Waals surface area contributed by atoms with Crippen molar-refractivity contribution in [2.75, 3.05) is 19.5 Å². The van der Waals surface area contributed by atoms with Crippen molar-refractivity contribution in [1.29, 1.82) is 0 Å². The van der Waals surface area contributed by atoms with Crippen LogP contribution in [0.5, 0.6) is 0 Å². The monoisotopic (exact) mass is 381 g/mol. The van der Waals surface area contributed by atoms with Crippen LogP contribution in [0.25, 0.3) is 6.08 Å². The fourth-order valence-corrected chi connectivity index (χ4v) is 2.52. The second kappa shape index (κ2) is 9.50. The lowest BCUT2D eigenvalue weighted by molar-refractivity contribution is -0.111. The number of nitrogens with one attached hydrogen (secondary N) is 1. The maximum Gasteiger partial charge on any atom is 0.339 e. The van der Waals surface area contributed by atoms with E-state index in [2.05, 4.69) is 23.9 Å². The summed E-state index contributed by atoms with van der Waals surface area (Å²) in [6, 6.07) is 12.1. The van der Waals surface area contributed by atoms with E-state index >= 15 is 0 Å². The fraction of sp³-hybridized carbons (Fsp3) is 0.227. The summed E-state index contributed by atoms with van der Waals surface area (Å²) in [5.74, 6) is -1.21. The van der Waals surface area contributed by atoms with Crippen LogP contribution in [0.15, 0.2) is 48.5 Å². The Morgan fingerprint density at radius 3 is 2.14 bits per heavy atom. The topological polar surface area (TPSA) is 81.7 Å². The minimum atomic E-state index is -0.625. The molecule has 1 N–H and O–H groups in total. The van der Waals surface area contributed by atoms with E-state index in [1.54, 1.807) is 6.08 Å². The summed E-state index contributed by atoms with van der Waals surface area (Å²) < 4.78 is 9.39. The number of benzene rings is 2. The molecule has 0 heterocycles. The number of carbonyl (C=O) groups excluding carboxylic acids is 3. The average Bonchev–Trinajstić information content (AvgIpc) is 2.71. The highest BCUT2D eigenvalue weighted by Crippen LogP contribution is 2.20. The van der Waals surface area contributed by atoms with Crippen molar-refractivity contribution >= 4 is 29.6 Å². The van der Waals surface area contributed by atoms with E-state index < -0.39 is 17.8 Å². The molecule has 6 nitrogen and oxygen atoms in total. The Hall–Kier alpha value is -3.41. The summed E-state index contributed by atoms with van der Waals surface area (Å²) in [5.41, 5.74) is 2.59. The number of rotatable bonds is 6. The Bertz CT molecular complexity index is 898. The van der Waals surface area contributed by atoms with Crippen molar-refractivity contribution in [1.82, 2.24) is 0 Å². The zero-order chi connectivity index (χ0) is 20.7. The van der Waals surface area contributed by atoms with Gasteiger partial charge in [-0.2, -0.15) is 0 Å². The molecule has 28 heavy (non-hydrogen) atoms. The largest absolute Gasteiger partial charge is 0.465 e. The lowest BCUT2D eigenvalue weighted by Gasteiger charge is -2.10. The number of carbonyl (C=O) groups is 3. The molecule has 2 aromatic rings. The fourth-order valence-electron chi connectivity index (χ4n) is 2.52. The van der Waals surface area contributed by atoms with Crippen LogP contribution in [0.1, 0.15) is 51.6 Å². The van der Waals surface area contributed by atoms with Gasteiger partial charge in [0.1, 0.15) is 0 Å². The predicted octanol–water partition coefficient (Wildman–Crippen LogP) is 4.04. The van der Waals surface area contributed by atoms with Gasteiger partial charge in [-0.15, -0.1) is 0 Å². The third-order valence-corrected chi connectivity index (χ3v) is 4.13. The van der Waals surface area contributed by atoms with Gasteiger partial charge in [0.25, 0.3) is 0 Å². The molecule has 0 atom stereocenters. The molecule has 0 bridgehead atoms. The molecule has 0 aliphatic rings. The molecule has 0 unspecified atom stereocenters. The number of hydrogen-bond donors (Lipinski definition) is 1. The molecule has 6 heteroatoms. The van der Waals surface area contributed by atoms with Gasteiger partial charge in [-0.3, -0.25) is 4.79 Å². The molecular weight excluding hydrogens is 358 g/mol. The summed E-state index contributed by atoms with van der Waals surface area (Å²) >= 11 is 0. The Labute approximate surface area is 164 Å². The molecule has 2 rings (SSSR count). The number of ether oxygens (including phenoxy) is 2. The molecule has 0 aliphatic carbocycles. The maximum absolute atomic E-state index is 12.3. The lowest BCUT2D eigenvalue weighted by Crippen LogP contribution is -2.14. The van der Waals surface area contributed by atoms with Crippen molar-refractivity contribution in [3.63, 3.8) is 0 Å². The first kappa shape index (κ1) is 20.9.